The number of alkyl halides is 3. The van der Waals surface area contributed by atoms with Gasteiger partial charge in [0.25, 0.3) is 0 Å². The molecule has 1 unspecified atom stereocenters. The van der Waals surface area contributed by atoms with Crippen LogP contribution in [0, 0.1) is 0 Å². The number of carboxylic acid groups (broad SMARTS) is 1. The van der Waals surface area contributed by atoms with E-state index in [1.807, 2.05) is 0 Å². The zero-order chi connectivity index (χ0) is 12.7. The lowest BCUT2D eigenvalue weighted by atomic mass is 10.0. The molecule has 0 aromatic heterocycles. The number of aliphatic carboxylic acids is 1. The van der Waals surface area contributed by atoms with Gasteiger partial charge in [-0.1, -0.05) is 0 Å². The fourth-order valence-electron chi connectivity index (χ4n) is 1.53. The fourth-order valence-corrected chi connectivity index (χ4v) is 2.66. The first-order chi connectivity index (χ1) is 7.07. The number of nitrogens with zero attached hydrogens (tertiary/aromatic N) is 1. The van der Waals surface area contributed by atoms with Gasteiger partial charge in [0.15, 0.2) is 0 Å². The van der Waals surface area contributed by atoms with Gasteiger partial charge >= 0.3 is 18.1 Å². The molecule has 16 heavy (non-hydrogen) atoms. The second kappa shape index (κ2) is 3.83. The van der Waals surface area contributed by atoms with Crippen LogP contribution in [0.2, 0.25) is 0 Å². The highest BCUT2D eigenvalue weighted by molar-refractivity contribution is 8.00. The number of rotatable bonds is 1. The summed E-state index contributed by atoms with van der Waals surface area (Å²) in [4.78, 5) is 22.2. The Bertz CT molecular complexity index is 329. The van der Waals surface area contributed by atoms with E-state index in [0.717, 1.165) is 11.8 Å². The zero-order valence-electron chi connectivity index (χ0n) is 8.54. The third-order valence-electron chi connectivity index (χ3n) is 2.28. The van der Waals surface area contributed by atoms with Crippen molar-refractivity contribution >= 4 is 23.6 Å². The van der Waals surface area contributed by atoms with Crippen LogP contribution in [-0.2, 0) is 9.59 Å². The molecule has 8 heteroatoms. The number of thioether (sulfide) groups is 1. The average molecular weight is 257 g/mol. The molecule has 1 aliphatic heterocycles. The number of hydrogen-bond acceptors (Lipinski definition) is 3. The SMILES string of the molecule is CC1(C)SCN(C(=O)C(F)(F)F)C1C(=O)O. The third kappa shape index (κ3) is 2.26. The summed E-state index contributed by atoms with van der Waals surface area (Å²) < 4.78 is 35.7. The van der Waals surface area contributed by atoms with Gasteiger partial charge in [0.05, 0.1) is 5.88 Å². The highest BCUT2D eigenvalue weighted by atomic mass is 32.2. The summed E-state index contributed by atoms with van der Waals surface area (Å²) in [5.74, 6) is -3.78. The van der Waals surface area contributed by atoms with Gasteiger partial charge in [-0.25, -0.2) is 4.79 Å². The molecule has 1 amide bonds. The number of carboxylic acids is 1. The van der Waals surface area contributed by atoms with Gasteiger partial charge in [0.1, 0.15) is 6.04 Å². The van der Waals surface area contributed by atoms with Crippen molar-refractivity contribution in [2.24, 2.45) is 0 Å². The summed E-state index contributed by atoms with van der Waals surface area (Å²) in [5.41, 5.74) is 0. The maximum Gasteiger partial charge on any atom is 0.471 e. The van der Waals surface area contributed by atoms with Crippen molar-refractivity contribution in [3.63, 3.8) is 0 Å². The van der Waals surface area contributed by atoms with E-state index >= 15 is 0 Å². The Morgan fingerprint density at radius 1 is 1.44 bits per heavy atom. The molecule has 1 saturated heterocycles. The van der Waals surface area contributed by atoms with Crippen molar-refractivity contribution in [2.75, 3.05) is 5.88 Å². The summed E-state index contributed by atoms with van der Waals surface area (Å²) >= 11 is 1.01. The van der Waals surface area contributed by atoms with E-state index in [-0.39, 0.29) is 5.88 Å². The van der Waals surface area contributed by atoms with Crippen molar-refractivity contribution in [1.29, 1.82) is 0 Å². The number of halogens is 3. The van der Waals surface area contributed by atoms with E-state index in [4.69, 9.17) is 5.11 Å². The maximum atomic E-state index is 12.2. The minimum atomic E-state index is -5.03. The van der Waals surface area contributed by atoms with Crippen molar-refractivity contribution in [3.8, 4) is 0 Å². The fraction of sp³-hybridized carbons (Fsp3) is 0.750. The molecule has 0 radical (unpaired) electrons. The van der Waals surface area contributed by atoms with Crippen LogP contribution in [0.1, 0.15) is 13.8 Å². The third-order valence-corrected chi connectivity index (χ3v) is 3.66. The van der Waals surface area contributed by atoms with Gasteiger partial charge in [0, 0.05) is 4.75 Å². The molecule has 1 N–H and O–H groups in total. The highest BCUT2D eigenvalue weighted by Gasteiger charge is 2.54. The minimum absolute atomic E-state index is 0.262. The first-order valence-corrected chi connectivity index (χ1v) is 5.30. The van der Waals surface area contributed by atoms with E-state index in [1.165, 1.54) is 13.8 Å². The Kier molecular flexibility index (Phi) is 3.15. The van der Waals surface area contributed by atoms with E-state index in [9.17, 15) is 22.8 Å². The number of carbonyl (C=O) groups excluding carboxylic acids is 1. The molecule has 0 bridgehead atoms. The topological polar surface area (TPSA) is 57.6 Å². The molecule has 0 aromatic carbocycles. The lowest BCUT2D eigenvalue weighted by Crippen LogP contribution is -2.52. The zero-order valence-corrected chi connectivity index (χ0v) is 9.35. The van der Waals surface area contributed by atoms with E-state index in [2.05, 4.69) is 0 Å². The van der Waals surface area contributed by atoms with Gasteiger partial charge in [-0.15, -0.1) is 11.8 Å². The Morgan fingerprint density at radius 2 is 1.94 bits per heavy atom. The Labute approximate surface area is 93.8 Å². The van der Waals surface area contributed by atoms with E-state index in [0.29, 0.717) is 4.90 Å². The number of carbonyl (C=O) groups is 2. The Morgan fingerprint density at radius 3 is 2.31 bits per heavy atom. The molecule has 4 nitrogen and oxygen atoms in total. The first-order valence-electron chi connectivity index (χ1n) is 4.32. The number of amides is 1. The van der Waals surface area contributed by atoms with Crippen LogP contribution in [0.15, 0.2) is 0 Å². The second-order valence-electron chi connectivity index (χ2n) is 3.89. The molecule has 1 heterocycles. The van der Waals surface area contributed by atoms with Gasteiger partial charge in [-0.3, -0.25) is 4.79 Å². The van der Waals surface area contributed by atoms with Crippen LogP contribution in [0.3, 0.4) is 0 Å². The van der Waals surface area contributed by atoms with Crippen molar-refractivity contribution in [2.45, 2.75) is 30.8 Å². The first kappa shape index (κ1) is 13.1. The predicted molar refractivity (Wildman–Crippen MR) is 50.9 cm³/mol. The normalized spacial score (nSPS) is 24.6. The molecule has 1 atom stereocenters. The van der Waals surface area contributed by atoms with Crippen molar-refractivity contribution in [1.82, 2.24) is 4.90 Å². The van der Waals surface area contributed by atoms with Gasteiger partial charge < -0.3 is 10.0 Å². The van der Waals surface area contributed by atoms with Crippen LogP contribution < -0.4 is 0 Å². The van der Waals surface area contributed by atoms with Crippen molar-refractivity contribution < 1.29 is 27.9 Å². The predicted octanol–water partition coefficient (Wildman–Crippen LogP) is 1.31. The summed E-state index contributed by atoms with van der Waals surface area (Å²) in [6.45, 7) is 3.00. The summed E-state index contributed by atoms with van der Waals surface area (Å²) in [5, 5.41) is 8.86. The Hall–Kier alpha value is -0.920. The number of hydrogen-bond donors (Lipinski definition) is 1. The van der Waals surface area contributed by atoms with Crippen LogP contribution >= 0.6 is 11.8 Å². The van der Waals surface area contributed by atoms with Crippen LogP contribution in [0.4, 0.5) is 13.2 Å². The monoisotopic (exact) mass is 257 g/mol. The lowest BCUT2D eigenvalue weighted by molar-refractivity contribution is -0.188. The van der Waals surface area contributed by atoms with Gasteiger partial charge in [0.2, 0.25) is 0 Å². The largest absolute Gasteiger partial charge is 0.480 e. The maximum absolute atomic E-state index is 12.2. The minimum Gasteiger partial charge on any atom is -0.480 e. The van der Waals surface area contributed by atoms with Crippen LogP contribution in [0.5, 0.6) is 0 Å². The summed E-state index contributed by atoms with van der Waals surface area (Å²) in [6.07, 6.45) is -5.03. The molecule has 0 aliphatic carbocycles. The second-order valence-corrected chi connectivity index (χ2v) is 5.49. The smallest absolute Gasteiger partial charge is 0.471 e. The molecular formula is C8H10F3NO3S. The molecule has 1 aliphatic rings. The van der Waals surface area contributed by atoms with Crippen LogP contribution in [-0.4, -0.2) is 44.7 Å². The molecule has 92 valence electrons. The molecule has 0 saturated carbocycles. The Balaban J connectivity index is 2.99. The average Bonchev–Trinajstić information content (AvgIpc) is 2.37. The lowest BCUT2D eigenvalue weighted by Gasteiger charge is -2.27. The highest BCUT2D eigenvalue weighted by Crippen LogP contribution is 2.40. The van der Waals surface area contributed by atoms with E-state index < -0.39 is 28.8 Å². The van der Waals surface area contributed by atoms with Gasteiger partial charge in [-0.2, -0.15) is 13.2 Å². The molecular weight excluding hydrogens is 247 g/mol. The molecule has 0 aromatic rings. The molecule has 0 spiro atoms. The molecule has 1 fully saturated rings. The standard InChI is InChI=1S/C8H10F3NO3S/c1-7(2)4(5(13)14)12(3-16-7)6(15)8(9,10)11/h4H,3H2,1-2H3,(H,13,14). The summed E-state index contributed by atoms with van der Waals surface area (Å²) in [6, 6.07) is -1.45. The van der Waals surface area contributed by atoms with E-state index in [1.54, 1.807) is 0 Å². The van der Waals surface area contributed by atoms with Crippen LogP contribution in [0.25, 0.3) is 0 Å². The van der Waals surface area contributed by atoms with Gasteiger partial charge in [-0.05, 0) is 13.8 Å². The quantitative estimate of drug-likeness (QED) is 0.769. The molecule has 1 rings (SSSR count). The summed E-state index contributed by atoms with van der Waals surface area (Å²) in [7, 11) is 0. The van der Waals surface area contributed by atoms with Crippen molar-refractivity contribution in [3.05, 3.63) is 0 Å².